The fourth-order valence-corrected chi connectivity index (χ4v) is 2.91. The summed E-state index contributed by atoms with van der Waals surface area (Å²) in [5.74, 6) is 0.785. The Labute approximate surface area is 115 Å². The van der Waals surface area contributed by atoms with Gasteiger partial charge in [0.15, 0.2) is 0 Å². The first-order chi connectivity index (χ1) is 8.54. The maximum absolute atomic E-state index is 6.20. The van der Waals surface area contributed by atoms with Crippen molar-refractivity contribution >= 4 is 17.3 Å². The van der Waals surface area contributed by atoms with Crippen molar-refractivity contribution < 1.29 is 0 Å². The molecule has 0 aromatic heterocycles. The van der Waals surface area contributed by atoms with Gasteiger partial charge in [-0.15, -0.1) is 0 Å². The second kappa shape index (κ2) is 5.91. The lowest BCUT2D eigenvalue weighted by Gasteiger charge is -2.21. The van der Waals surface area contributed by atoms with Crippen molar-refractivity contribution in [2.75, 3.05) is 39.5 Å². The molecule has 1 aliphatic heterocycles. The molecule has 0 aliphatic carbocycles. The van der Waals surface area contributed by atoms with Gasteiger partial charge in [-0.05, 0) is 50.7 Å². The van der Waals surface area contributed by atoms with Gasteiger partial charge in [0.1, 0.15) is 0 Å². The molecule has 0 saturated carbocycles. The first-order valence-corrected chi connectivity index (χ1v) is 6.83. The van der Waals surface area contributed by atoms with E-state index in [1.54, 1.807) is 0 Å². The van der Waals surface area contributed by atoms with Crippen LogP contribution in [0.3, 0.4) is 0 Å². The average Bonchev–Trinajstić information content (AvgIpc) is 2.68. The van der Waals surface area contributed by atoms with Crippen molar-refractivity contribution in [1.82, 2.24) is 9.80 Å². The zero-order chi connectivity index (χ0) is 13.1. The third-order valence-corrected chi connectivity index (χ3v) is 3.93. The second-order valence-corrected chi connectivity index (χ2v) is 5.87. The third kappa shape index (κ3) is 3.61. The summed E-state index contributed by atoms with van der Waals surface area (Å²) in [5, 5.41) is 0.769. The molecule has 1 saturated heterocycles. The number of nitrogen functional groups attached to an aromatic ring is 1. The van der Waals surface area contributed by atoms with Crippen LogP contribution in [0.1, 0.15) is 12.0 Å². The minimum Gasteiger partial charge on any atom is -0.399 e. The van der Waals surface area contributed by atoms with Crippen LogP contribution >= 0.6 is 11.6 Å². The summed E-state index contributed by atoms with van der Waals surface area (Å²) in [4.78, 5) is 4.75. The van der Waals surface area contributed by atoms with Gasteiger partial charge in [0.2, 0.25) is 0 Å². The summed E-state index contributed by atoms with van der Waals surface area (Å²) in [6, 6.07) is 5.77. The molecule has 3 nitrogen and oxygen atoms in total. The maximum atomic E-state index is 6.20. The Kier molecular flexibility index (Phi) is 4.49. The molecular weight excluding hydrogens is 246 g/mol. The van der Waals surface area contributed by atoms with E-state index in [0.29, 0.717) is 0 Å². The SMILES string of the molecule is CN1CCC(CN(C)Cc2ccc(N)cc2Cl)C1. The van der Waals surface area contributed by atoms with Crippen LogP contribution in [0, 0.1) is 5.92 Å². The predicted molar refractivity (Wildman–Crippen MR) is 77.8 cm³/mol. The van der Waals surface area contributed by atoms with Gasteiger partial charge < -0.3 is 15.5 Å². The van der Waals surface area contributed by atoms with E-state index < -0.39 is 0 Å². The number of likely N-dealkylation sites (tertiary alicyclic amines) is 1. The number of anilines is 1. The molecule has 1 aromatic carbocycles. The van der Waals surface area contributed by atoms with Crippen LogP contribution < -0.4 is 5.73 Å². The molecule has 18 heavy (non-hydrogen) atoms. The summed E-state index contributed by atoms with van der Waals surface area (Å²) in [6.45, 7) is 4.45. The fourth-order valence-electron chi connectivity index (χ4n) is 2.66. The topological polar surface area (TPSA) is 32.5 Å². The Morgan fingerprint density at radius 3 is 2.89 bits per heavy atom. The number of nitrogens with two attached hydrogens (primary N) is 1. The van der Waals surface area contributed by atoms with Crippen LogP contribution in [0.5, 0.6) is 0 Å². The Hall–Kier alpha value is -0.770. The molecule has 2 N–H and O–H groups in total. The number of nitrogens with zero attached hydrogens (tertiary/aromatic N) is 2. The molecule has 0 amide bonds. The lowest BCUT2D eigenvalue weighted by Crippen LogP contribution is -2.27. The van der Waals surface area contributed by atoms with Gasteiger partial charge in [-0.3, -0.25) is 0 Å². The van der Waals surface area contributed by atoms with Crippen molar-refractivity contribution in [3.8, 4) is 0 Å². The van der Waals surface area contributed by atoms with E-state index in [-0.39, 0.29) is 0 Å². The Balaban J connectivity index is 1.88. The minimum absolute atomic E-state index is 0.726. The number of halogens is 1. The smallest absolute Gasteiger partial charge is 0.0471 e. The molecule has 0 spiro atoms. The van der Waals surface area contributed by atoms with Gasteiger partial charge in [-0.25, -0.2) is 0 Å². The molecule has 4 heteroatoms. The minimum atomic E-state index is 0.726. The first kappa shape index (κ1) is 13.7. The molecule has 1 fully saturated rings. The van der Waals surface area contributed by atoms with Crippen molar-refractivity contribution in [2.45, 2.75) is 13.0 Å². The molecule has 2 rings (SSSR count). The zero-order valence-corrected chi connectivity index (χ0v) is 12.0. The van der Waals surface area contributed by atoms with Crippen LogP contribution in [-0.4, -0.2) is 43.5 Å². The second-order valence-electron chi connectivity index (χ2n) is 5.46. The van der Waals surface area contributed by atoms with Crippen LogP contribution in [0.15, 0.2) is 18.2 Å². The average molecular weight is 268 g/mol. The summed E-state index contributed by atoms with van der Waals surface area (Å²) in [6.07, 6.45) is 1.30. The van der Waals surface area contributed by atoms with Crippen molar-refractivity contribution in [1.29, 1.82) is 0 Å². The molecular formula is C14H22ClN3. The highest BCUT2D eigenvalue weighted by molar-refractivity contribution is 6.31. The Morgan fingerprint density at radius 1 is 1.50 bits per heavy atom. The molecule has 0 bridgehead atoms. The van der Waals surface area contributed by atoms with E-state index in [0.717, 1.165) is 35.3 Å². The number of hydrogen-bond acceptors (Lipinski definition) is 3. The highest BCUT2D eigenvalue weighted by Gasteiger charge is 2.20. The lowest BCUT2D eigenvalue weighted by molar-refractivity contribution is 0.267. The van der Waals surface area contributed by atoms with Gasteiger partial charge in [0.05, 0.1) is 0 Å². The van der Waals surface area contributed by atoms with E-state index in [1.165, 1.54) is 19.5 Å². The largest absolute Gasteiger partial charge is 0.399 e. The van der Waals surface area contributed by atoms with E-state index in [9.17, 15) is 0 Å². The number of rotatable bonds is 4. The number of hydrogen-bond donors (Lipinski definition) is 1. The summed E-state index contributed by atoms with van der Waals surface area (Å²) in [5.41, 5.74) is 7.58. The first-order valence-electron chi connectivity index (χ1n) is 6.45. The molecule has 1 aliphatic rings. The summed E-state index contributed by atoms with van der Waals surface area (Å²) < 4.78 is 0. The molecule has 1 unspecified atom stereocenters. The van der Waals surface area contributed by atoms with Crippen molar-refractivity contribution in [3.63, 3.8) is 0 Å². The van der Waals surface area contributed by atoms with E-state index in [1.807, 2.05) is 18.2 Å². The van der Waals surface area contributed by atoms with Crippen molar-refractivity contribution in [3.05, 3.63) is 28.8 Å². The van der Waals surface area contributed by atoms with E-state index >= 15 is 0 Å². The van der Waals surface area contributed by atoms with Gasteiger partial charge >= 0.3 is 0 Å². The van der Waals surface area contributed by atoms with Crippen LogP contribution in [-0.2, 0) is 6.54 Å². The fraction of sp³-hybridized carbons (Fsp3) is 0.571. The third-order valence-electron chi connectivity index (χ3n) is 3.58. The molecule has 1 atom stereocenters. The highest BCUT2D eigenvalue weighted by Crippen LogP contribution is 2.21. The predicted octanol–water partition coefficient (Wildman–Crippen LogP) is 2.31. The van der Waals surface area contributed by atoms with Crippen LogP contribution in [0.25, 0.3) is 0 Å². The van der Waals surface area contributed by atoms with Gasteiger partial charge in [-0.1, -0.05) is 17.7 Å². The highest BCUT2D eigenvalue weighted by atomic mass is 35.5. The molecule has 1 aromatic rings. The van der Waals surface area contributed by atoms with Gasteiger partial charge in [0, 0.05) is 30.3 Å². The zero-order valence-electron chi connectivity index (χ0n) is 11.2. The van der Waals surface area contributed by atoms with E-state index in [2.05, 4.69) is 23.9 Å². The number of benzene rings is 1. The van der Waals surface area contributed by atoms with Gasteiger partial charge in [-0.2, -0.15) is 0 Å². The molecule has 0 radical (unpaired) electrons. The maximum Gasteiger partial charge on any atom is 0.0471 e. The monoisotopic (exact) mass is 267 g/mol. The lowest BCUT2D eigenvalue weighted by atomic mass is 10.1. The normalized spacial score (nSPS) is 20.8. The van der Waals surface area contributed by atoms with Crippen LogP contribution in [0.4, 0.5) is 5.69 Å². The standard InChI is InChI=1S/C14H22ClN3/c1-17-6-5-11(8-17)9-18(2)10-12-3-4-13(16)7-14(12)15/h3-4,7,11H,5-6,8-10,16H2,1-2H3. The Morgan fingerprint density at radius 2 is 2.28 bits per heavy atom. The summed E-state index contributed by atoms with van der Waals surface area (Å²) in [7, 11) is 4.35. The quantitative estimate of drug-likeness (QED) is 0.850. The van der Waals surface area contributed by atoms with Crippen molar-refractivity contribution in [2.24, 2.45) is 5.92 Å². The Bertz CT molecular complexity index is 408. The molecule has 1 heterocycles. The van der Waals surface area contributed by atoms with Gasteiger partial charge in [0.25, 0.3) is 0 Å². The summed E-state index contributed by atoms with van der Waals surface area (Å²) >= 11 is 6.20. The van der Waals surface area contributed by atoms with E-state index in [4.69, 9.17) is 17.3 Å². The van der Waals surface area contributed by atoms with Crippen LogP contribution in [0.2, 0.25) is 5.02 Å². The molecule has 100 valence electrons.